The zero-order valence-corrected chi connectivity index (χ0v) is 40.4. The number of thiophene rings is 1. The molecule has 0 unspecified atom stereocenters. The Balaban J connectivity index is 1.15. The van der Waals surface area contributed by atoms with E-state index in [1.165, 1.54) is 88.2 Å². The van der Waals surface area contributed by atoms with Crippen LogP contribution in [0.1, 0.15) is 105 Å². The van der Waals surface area contributed by atoms with E-state index in [0.717, 1.165) is 34.4 Å². The minimum absolute atomic E-state index is 0.0201. The van der Waals surface area contributed by atoms with Gasteiger partial charge in [0.1, 0.15) is 33.0 Å². The summed E-state index contributed by atoms with van der Waals surface area (Å²) in [6, 6.07) is 41.6. The summed E-state index contributed by atoms with van der Waals surface area (Å²) >= 11 is 1.93. The topological polar surface area (TPSA) is 31.4 Å². The van der Waals surface area contributed by atoms with Crippen LogP contribution in [0.4, 0.5) is 44.1 Å². The third-order valence-corrected chi connectivity index (χ3v) is 16.0. The van der Waals surface area contributed by atoms with Gasteiger partial charge in [-0.05, 0) is 116 Å². The maximum absolute atomic E-state index is 7.26. The Morgan fingerprint density at radius 3 is 1.09 bits per heavy atom. The largest absolute Gasteiger partial charge is 0.456 e. The van der Waals surface area contributed by atoms with Gasteiger partial charge in [-0.2, -0.15) is 0 Å². The molecule has 0 saturated heterocycles. The van der Waals surface area contributed by atoms with Gasteiger partial charge in [0.2, 0.25) is 0 Å². The molecule has 7 aromatic rings. The van der Waals surface area contributed by atoms with Crippen molar-refractivity contribution < 1.29 is 9.47 Å². The Kier molecular flexibility index (Phi) is 7.52. The van der Waals surface area contributed by atoms with E-state index in [-0.39, 0.29) is 35.6 Å². The molecule has 0 fully saturated rings. The first-order valence-electron chi connectivity index (χ1n) is 23.3. The van der Waals surface area contributed by atoms with Crippen LogP contribution in [-0.4, -0.2) is 14.0 Å². The molecule has 6 aliphatic heterocycles. The van der Waals surface area contributed by atoms with E-state index in [4.69, 9.17) is 9.47 Å². The molecular formula is C56H54B2N4O2S. The third kappa shape index (κ3) is 5.25. The highest BCUT2D eigenvalue weighted by molar-refractivity contribution is 7.25. The average Bonchev–Trinajstić information content (AvgIpc) is 3.81. The molecule has 0 radical (unpaired) electrons. The lowest BCUT2D eigenvalue weighted by Crippen LogP contribution is -2.55. The predicted molar refractivity (Wildman–Crippen MR) is 275 cm³/mol. The normalized spacial score (nSPS) is 15.8. The van der Waals surface area contributed by atoms with Crippen LogP contribution in [0.15, 0.2) is 109 Å². The first-order chi connectivity index (χ1) is 30.8. The van der Waals surface area contributed by atoms with Crippen molar-refractivity contribution in [1.82, 2.24) is 0 Å². The van der Waals surface area contributed by atoms with Gasteiger partial charge in [0, 0.05) is 33.4 Å². The van der Waals surface area contributed by atoms with Gasteiger partial charge in [0.15, 0.2) is 0 Å². The van der Waals surface area contributed by atoms with Crippen LogP contribution in [0.5, 0.6) is 23.0 Å². The lowest BCUT2D eigenvalue weighted by Gasteiger charge is -2.37. The molecule has 0 amide bonds. The summed E-state index contributed by atoms with van der Waals surface area (Å²) in [4.78, 5) is 10.5. The lowest BCUT2D eigenvalue weighted by atomic mass is 9.58. The Morgan fingerprint density at radius 1 is 0.369 bits per heavy atom. The molecule has 6 aliphatic rings. The van der Waals surface area contributed by atoms with Crippen molar-refractivity contribution in [3.05, 3.63) is 131 Å². The first kappa shape index (κ1) is 39.3. The zero-order chi connectivity index (χ0) is 45.0. The summed E-state index contributed by atoms with van der Waals surface area (Å²) in [6.07, 6.45) is 0. The summed E-state index contributed by atoms with van der Waals surface area (Å²) in [5.41, 5.74) is 19.3. The standard InChI is InChI=1S/C56H54B2N4O2S/c1-53(2,3)31-19-23-39-37(27-31)35-15-13-17-43-47(35)57-59(41-25-21-33(55(7,8)9)29-45(41)63-43)49-50-52(65-51(49)61(39)57)62-40-24-20-32(54(4,5)6)28-38(40)36-16-14-18-44-48(36)58(62)60(50)42-26-22-34(56(10,11)12)30-46(42)64-44/h13-30H,1-12H3. The molecule has 65 heavy (non-hydrogen) atoms. The van der Waals surface area contributed by atoms with Gasteiger partial charge in [-0.3, -0.25) is 0 Å². The van der Waals surface area contributed by atoms with Crippen LogP contribution < -0.4 is 39.6 Å². The number of hydrogen-bond acceptors (Lipinski definition) is 7. The zero-order valence-electron chi connectivity index (χ0n) is 39.6. The van der Waals surface area contributed by atoms with Crippen LogP contribution in [0, 0.1) is 0 Å². The Hall–Kier alpha value is -6.05. The van der Waals surface area contributed by atoms with Gasteiger partial charge in [0.25, 0.3) is 0 Å². The molecule has 0 spiro atoms. The van der Waals surface area contributed by atoms with E-state index in [9.17, 15) is 0 Å². The fourth-order valence-electron chi connectivity index (χ4n) is 11.2. The van der Waals surface area contributed by atoms with E-state index < -0.39 is 0 Å². The van der Waals surface area contributed by atoms with Crippen molar-refractivity contribution in [2.45, 2.75) is 105 Å². The van der Waals surface area contributed by atoms with Crippen molar-refractivity contribution >= 4 is 80.4 Å². The number of ether oxygens (including phenoxy) is 2. The number of fused-ring (bicyclic) bond motifs is 17. The molecule has 13 rings (SSSR count). The van der Waals surface area contributed by atoms with Crippen LogP contribution in [0.25, 0.3) is 22.3 Å². The van der Waals surface area contributed by atoms with E-state index in [1.807, 2.05) is 11.3 Å². The van der Waals surface area contributed by atoms with Crippen LogP contribution in [0.2, 0.25) is 0 Å². The van der Waals surface area contributed by atoms with Gasteiger partial charge in [0.05, 0.1) is 22.7 Å². The molecule has 0 bridgehead atoms. The predicted octanol–water partition coefficient (Wildman–Crippen LogP) is 14.5. The number of hydrogen-bond donors (Lipinski definition) is 0. The van der Waals surface area contributed by atoms with E-state index in [1.54, 1.807) is 0 Å². The molecule has 6 aromatic carbocycles. The van der Waals surface area contributed by atoms with Gasteiger partial charge in [-0.25, -0.2) is 0 Å². The molecule has 1 aromatic heterocycles. The summed E-state index contributed by atoms with van der Waals surface area (Å²) in [7, 11) is 0. The summed E-state index contributed by atoms with van der Waals surface area (Å²) in [5.74, 6) is 3.58. The van der Waals surface area contributed by atoms with Crippen LogP contribution >= 0.6 is 11.3 Å². The number of rotatable bonds is 0. The molecule has 0 saturated carbocycles. The molecule has 0 atom stereocenters. The number of benzene rings is 6. The monoisotopic (exact) mass is 868 g/mol. The quantitative estimate of drug-likeness (QED) is 0.141. The minimum Gasteiger partial charge on any atom is -0.456 e. The molecular weight excluding hydrogens is 814 g/mol. The molecule has 0 aliphatic carbocycles. The Bertz CT molecular complexity index is 3060. The SMILES string of the molecule is CC(C)(C)c1ccc2c(c1)Oc1cccc3c1B1N(c4ccc(C(C)(C)C)cc4-3)c3sc4c(c3N12)N1B2c3c(cccc3-c3cc(C(C)(C)C)ccc3N24)Oc2cc(C(C)(C)C)ccc21. The average molecular weight is 869 g/mol. The molecule has 0 N–H and O–H groups in total. The number of anilines is 8. The molecule has 322 valence electrons. The van der Waals surface area contributed by atoms with Crippen molar-refractivity contribution in [1.29, 1.82) is 0 Å². The van der Waals surface area contributed by atoms with Crippen molar-refractivity contribution in [3.63, 3.8) is 0 Å². The maximum Gasteiger partial charge on any atom is 0.426 e. The first-order valence-corrected chi connectivity index (χ1v) is 24.1. The van der Waals surface area contributed by atoms with Gasteiger partial charge in [-0.15, -0.1) is 0 Å². The molecule has 7 heterocycles. The highest BCUT2D eigenvalue weighted by Crippen LogP contribution is 2.69. The van der Waals surface area contributed by atoms with E-state index >= 15 is 0 Å². The summed E-state index contributed by atoms with van der Waals surface area (Å²) in [6.45, 7) is 27.2. The van der Waals surface area contributed by atoms with Crippen LogP contribution in [-0.2, 0) is 21.7 Å². The van der Waals surface area contributed by atoms with Crippen LogP contribution in [0.3, 0.4) is 0 Å². The summed E-state index contributed by atoms with van der Waals surface area (Å²) < 4.78 is 14.5. The number of nitrogens with zero attached hydrogens (tertiary/aromatic N) is 4. The second-order valence-electron chi connectivity index (χ2n) is 23.1. The highest BCUT2D eigenvalue weighted by atomic mass is 32.1. The second-order valence-corrected chi connectivity index (χ2v) is 24.1. The fraction of sp³-hybridized carbons (Fsp3) is 0.286. The minimum atomic E-state index is -0.171. The maximum atomic E-state index is 7.26. The van der Waals surface area contributed by atoms with Crippen molar-refractivity contribution in [3.8, 4) is 45.3 Å². The fourth-order valence-corrected chi connectivity index (χ4v) is 12.6. The Labute approximate surface area is 388 Å². The lowest BCUT2D eigenvalue weighted by molar-refractivity contribution is 0.485. The highest BCUT2D eigenvalue weighted by Gasteiger charge is 2.60. The third-order valence-electron chi connectivity index (χ3n) is 14.8. The van der Waals surface area contributed by atoms with Gasteiger partial charge >= 0.3 is 14.0 Å². The van der Waals surface area contributed by atoms with E-state index in [2.05, 4.69) is 212 Å². The molecule has 9 heteroatoms. The Morgan fingerprint density at radius 2 is 0.723 bits per heavy atom. The van der Waals surface area contributed by atoms with E-state index in [0.29, 0.717) is 0 Å². The summed E-state index contributed by atoms with van der Waals surface area (Å²) in [5, 5.41) is 2.47. The van der Waals surface area contributed by atoms with Crippen molar-refractivity contribution in [2.24, 2.45) is 0 Å². The van der Waals surface area contributed by atoms with Crippen molar-refractivity contribution in [2.75, 3.05) is 19.2 Å². The molecule has 6 nitrogen and oxygen atoms in total. The smallest absolute Gasteiger partial charge is 0.426 e. The van der Waals surface area contributed by atoms with Gasteiger partial charge < -0.3 is 28.7 Å². The van der Waals surface area contributed by atoms with Gasteiger partial charge in [-0.1, -0.05) is 143 Å². The second kappa shape index (κ2) is 12.4.